The lowest BCUT2D eigenvalue weighted by Crippen LogP contribution is -2.36. The first kappa shape index (κ1) is 19.9. The van der Waals surface area contributed by atoms with Crippen LogP contribution in [0.15, 0.2) is 24.4 Å². The molecule has 1 unspecified atom stereocenters. The van der Waals surface area contributed by atoms with Gasteiger partial charge < -0.3 is 10.2 Å². The van der Waals surface area contributed by atoms with Crippen molar-refractivity contribution in [2.24, 2.45) is 5.92 Å². The van der Waals surface area contributed by atoms with E-state index in [2.05, 4.69) is 15.3 Å². The molecule has 1 saturated heterocycles. The number of alkyl halides is 1. The maximum Gasteiger partial charge on any atom is 0.171 e. The Balaban J connectivity index is 1.72. The van der Waals surface area contributed by atoms with Gasteiger partial charge >= 0.3 is 0 Å². The van der Waals surface area contributed by atoms with Gasteiger partial charge in [-0.05, 0) is 38.7 Å². The standard InChI is InChI=1S/C20H22F3N5/c1-12(2)26-19-20(25-11-15(10-24)27-19)28-7-5-13(6-8-28)18(23)16-4-3-14(21)9-17(16)22/h3-4,9,11-13,18H,5-8H2,1-2H3,(H,26,27). The number of nitrogens with zero attached hydrogens (tertiary/aromatic N) is 4. The van der Waals surface area contributed by atoms with Crippen molar-refractivity contribution in [1.29, 1.82) is 5.26 Å². The zero-order valence-corrected chi connectivity index (χ0v) is 15.8. The average molecular weight is 389 g/mol. The third-order valence-electron chi connectivity index (χ3n) is 4.81. The SMILES string of the molecule is CC(C)Nc1nc(C#N)cnc1N1CCC(C(F)c2ccc(F)cc2F)CC1. The van der Waals surface area contributed by atoms with Crippen molar-refractivity contribution in [2.75, 3.05) is 23.3 Å². The maximum atomic E-state index is 14.8. The fourth-order valence-electron chi connectivity index (χ4n) is 3.42. The number of halogens is 3. The Morgan fingerprint density at radius 1 is 1.25 bits per heavy atom. The summed E-state index contributed by atoms with van der Waals surface area (Å²) in [6.07, 6.45) is 0.934. The van der Waals surface area contributed by atoms with Gasteiger partial charge in [0.25, 0.3) is 0 Å². The van der Waals surface area contributed by atoms with Crippen molar-refractivity contribution in [3.8, 4) is 6.07 Å². The Hall–Kier alpha value is -2.82. The van der Waals surface area contributed by atoms with Crippen LogP contribution in [0.3, 0.4) is 0 Å². The van der Waals surface area contributed by atoms with Gasteiger partial charge in [-0.3, -0.25) is 0 Å². The van der Waals surface area contributed by atoms with E-state index in [1.807, 2.05) is 24.8 Å². The lowest BCUT2D eigenvalue weighted by Gasteiger charge is -2.35. The molecule has 0 bridgehead atoms. The maximum absolute atomic E-state index is 14.8. The predicted molar refractivity (Wildman–Crippen MR) is 101 cm³/mol. The second kappa shape index (κ2) is 8.46. The lowest BCUT2D eigenvalue weighted by molar-refractivity contribution is 0.193. The highest BCUT2D eigenvalue weighted by atomic mass is 19.1. The predicted octanol–water partition coefficient (Wildman–Crippen LogP) is 4.37. The molecule has 1 aliphatic heterocycles. The van der Waals surface area contributed by atoms with Gasteiger partial charge in [0.15, 0.2) is 17.3 Å². The summed E-state index contributed by atoms with van der Waals surface area (Å²) < 4.78 is 41.8. The molecule has 3 rings (SSSR count). The van der Waals surface area contributed by atoms with Gasteiger partial charge in [-0.15, -0.1) is 0 Å². The summed E-state index contributed by atoms with van der Waals surface area (Å²) in [6.45, 7) is 4.98. The van der Waals surface area contributed by atoms with E-state index >= 15 is 0 Å². The Morgan fingerprint density at radius 3 is 2.57 bits per heavy atom. The van der Waals surface area contributed by atoms with Crippen molar-refractivity contribution in [3.05, 3.63) is 47.3 Å². The molecule has 1 fully saturated rings. The average Bonchev–Trinajstić information content (AvgIpc) is 2.67. The summed E-state index contributed by atoms with van der Waals surface area (Å²) in [5.41, 5.74) is 0.123. The highest BCUT2D eigenvalue weighted by Gasteiger charge is 2.31. The molecule has 1 N–H and O–H groups in total. The van der Waals surface area contributed by atoms with E-state index < -0.39 is 17.8 Å². The van der Waals surface area contributed by atoms with Gasteiger partial charge in [0.1, 0.15) is 23.9 Å². The minimum absolute atomic E-state index is 0.0971. The third kappa shape index (κ3) is 4.35. The molecule has 0 aliphatic carbocycles. The lowest BCUT2D eigenvalue weighted by atomic mass is 9.88. The molecule has 0 spiro atoms. The number of aromatic nitrogens is 2. The van der Waals surface area contributed by atoms with Gasteiger partial charge in [0.2, 0.25) is 0 Å². The smallest absolute Gasteiger partial charge is 0.171 e. The van der Waals surface area contributed by atoms with Crippen LogP contribution < -0.4 is 10.2 Å². The van der Waals surface area contributed by atoms with Crippen LogP contribution >= 0.6 is 0 Å². The molecule has 0 saturated carbocycles. The fourth-order valence-corrected chi connectivity index (χ4v) is 3.42. The van der Waals surface area contributed by atoms with Crippen molar-refractivity contribution in [2.45, 2.75) is 38.9 Å². The number of hydrogen-bond acceptors (Lipinski definition) is 5. The van der Waals surface area contributed by atoms with Gasteiger partial charge in [-0.2, -0.15) is 5.26 Å². The molecule has 2 aromatic rings. The first-order valence-corrected chi connectivity index (χ1v) is 9.26. The molecule has 1 atom stereocenters. The highest BCUT2D eigenvalue weighted by molar-refractivity contribution is 5.62. The van der Waals surface area contributed by atoms with Crippen LogP contribution in [0.2, 0.25) is 0 Å². The molecule has 148 valence electrons. The van der Waals surface area contributed by atoms with Crippen molar-refractivity contribution >= 4 is 11.6 Å². The Morgan fingerprint density at radius 2 is 1.96 bits per heavy atom. The zero-order chi connectivity index (χ0) is 20.3. The molecular formula is C20H22F3N5. The van der Waals surface area contributed by atoms with E-state index in [1.54, 1.807) is 0 Å². The highest BCUT2D eigenvalue weighted by Crippen LogP contribution is 2.37. The van der Waals surface area contributed by atoms with Crippen LogP contribution in [-0.4, -0.2) is 29.1 Å². The second-order valence-electron chi connectivity index (χ2n) is 7.23. The van der Waals surface area contributed by atoms with Gasteiger partial charge in [-0.1, -0.05) is 6.07 Å². The Bertz CT molecular complexity index is 873. The first-order chi connectivity index (χ1) is 13.4. The molecule has 2 heterocycles. The number of nitrogens with one attached hydrogen (secondary N) is 1. The van der Waals surface area contributed by atoms with Crippen molar-refractivity contribution < 1.29 is 13.2 Å². The van der Waals surface area contributed by atoms with Gasteiger partial charge in [0.05, 0.1) is 6.20 Å². The molecule has 0 amide bonds. The molecule has 0 radical (unpaired) electrons. The van der Waals surface area contributed by atoms with Crippen molar-refractivity contribution in [1.82, 2.24) is 9.97 Å². The van der Waals surface area contributed by atoms with Gasteiger partial charge in [-0.25, -0.2) is 23.1 Å². The van der Waals surface area contributed by atoms with Crippen LogP contribution in [0.25, 0.3) is 0 Å². The minimum atomic E-state index is -1.48. The fraction of sp³-hybridized carbons (Fsp3) is 0.450. The summed E-state index contributed by atoms with van der Waals surface area (Å²) in [5.74, 6) is -0.781. The summed E-state index contributed by atoms with van der Waals surface area (Å²) >= 11 is 0. The van der Waals surface area contributed by atoms with E-state index in [9.17, 15) is 13.2 Å². The number of anilines is 2. The number of nitriles is 1. The topological polar surface area (TPSA) is 64.8 Å². The normalized spacial score (nSPS) is 16.1. The molecule has 1 aliphatic rings. The zero-order valence-electron chi connectivity index (χ0n) is 15.8. The van der Waals surface area contributed by atoms with Crippen LogP contribution in [0.5, 0.6) is 0 Å². The summed E-state index contributed by atoms with van der Waals surface area (Å²) in [4.78, 5) is 10.6. The Kier molecular flexibility index (Phi) is 6.02. The van der Waals surface area contributed by atoms with Crippen LogP contribution in [0.4, 0.5) is 24.8 Å². The number of piperidine rings is 1. The minimum Gasteiger partial charge on any atom is -0.365 e. The number of benzene rings is 1. The third-order valence-corrected chi connectivity index (χ3v) is 4.81. The van der Waals surface area contributed by atoms with E-state index in [0.29, 0.717) is 43.6 Å². The summed E-state index contributed by atoms with van der Waals surface area (Å²) in [7, 11) is 0. The molecule has 28 heavy (non-hydrogen) atoms. The Labute approximate surface area is 162 Å². The first-order valence-electron chi connectivity index (χ1n) is 9.26. The van der Waals surface area contributed by atoms with E-state index in [1.165, 1.54) is 12.3 Å². The molecule has 1 aromatic heterocycles. The van der Waals surface area contributed by atoms with Crippen LogP contribution in [-0.2, 0) is 0 Å². The van der Waals surface area contributed by atoms with Crippen LogP contribution in [0, 0.1) is 28.9 Å². The molecule has 8 heteroatoms. The quantitative estimate of drug-likeness (QED) is 0.822. The van der Waals surface area contributed by atoms with E-state index in [4.69, 9.17) is 5.26 Å². The second-order valence-corrected chi connectivity index (χ2v) is 7.23. The van der Waals surface area contributed by atoms with Crippen LogP contribution in [0.1, 0.15) is 44.1 Å². The van der Waals surface area contributed by atoms with Crippen molar-refractivity contribution in [3.63, 3.8) is 0 Å². The monoisotopic (exact) mass is 389 g/mol. The molecule has 1 aromatic carbocycles. The van der Waals surface area contributed by atoms with E-state index in [0.717, 1.165) is 6.07 Å². The largest absolute Gasteiger partial charge is 0.365 e. The molecular weight excluding hydrogens is 367 g/mol. The van der Waals surface area contributed by atoms with E-state index in [-0.39, 0.29) is 23.2 Å². The number of hydrogen-bond donors (Lipinski definition) is 1. The number of rotatable bonds is 5. The summed E-state index contributed by atoms with van der Waals surface area (Å²) in [6, 6.07) is 5.06. The summed E-state index contributed by atoms with van der Waals surface area (Å²) in [5, 5.41) is 12.2. The van der Waals surface area contributed by atoms with Gasteiger partial charge in [0, 0.05) is 30.8 Å². The molecule has 5 nitrogen and oxygen atoms in total.